The number of rotatable bonds is 4. The summed E-state index contributed by atoms with van der Waals surface area (Å²) in [6.07, 6.45) is -6.63. The first-order valence-corrected chi connectivity index (χ1v) is 12.6. The number of piperidine rings is 1. The summed E-state index contributed by atoms with van der Waals surface area (Å²) >= 11 is 0. The zero-order valence-electron chi connectivity index (χ0n) is 22.3. The average Bonchev–Trinajstić information content (AvgIpc) is 3.36. The van der Waals surface area contributed by atoms with Crippen LogP contribution in [0.4, 0.5) is 31.1 Å². The third kappa shape index (κ3) is 10.8. The molecule has 1 amide bonds. The van der Waals surface area contributed by atoms with Crippen molar-refractivity contribution >= 4 is 24.0 Å². The number of alkyl halides is 6. The third-order valence-electron chi connectivity index (χ3n) is 6.35. The molecule has 2 aliphatic rings. The molecule has 1 aromatic carbocycles. The number of hydrogen-bond acceptors (Lipinski definition) is 7. The maximum atomic E-state index is 12.7. The van der Waals surface area contributed by atoms with Gasteiger partial charge in [0.1, 0.15) is 11.9 Å². The Labute approximate surface area is 239 Å². The lowest BCUT2D eigenvalue weighted by Crippen LogP contribution is -2.41. The Bertz CT molecular complexity index is 1250. The monoisotopic (exact) mass is 626 g/mol. The number of carboxylic acid groups (broad SMARTS) is 3. The average molecular weight is 627 g/mol. The van der Waals surface area contributed by atoms with Crippen LogP contribution in [0.25, 0.3) is 11.3 Å². The molecule has 1 atom stereocenters. The number of likely N-dealkylation sites (tertiary alicyclic amines) is 1. The Balaban J connectivity index is 0.000000384. The molecule has 0 radical (unpaired) electrons. The summed E-state index contributed by atoms with van der Waals surface area (Å²) in [5.74, 6) is -3.98. The molecule has 238 valence electrons. The minimum Gasteiger partial charge on any atom is -0.475 e. The lowest BCUT2D eigenvalue weighted by molar-refractivity contribution is -0.193. The summed E-state index contributed by atoms with van der Waals surface area (Å²) in [6.45, 7) is 2.63. The lowest BCUT2D eigenvalue weighted by atomic mass is 9.98. The topological polar surface area (TPSA) is 185 Å². The molecule has 1 fully saturated rings. The lowest BCUT2D eigenvalue weighted by Gasteiger charge is -2.31. The second-order valence-electron chi connectivity index (χ2n) is 9.39. The van der Waals surface area contributed by atoms with Crippen molar-refractivity contribution in [3.05, 3.63) is 41.9 Å². The molecule has 0 aliphatic carbocycles. The van der Waals surface area contributed by atoms with Crippen LogP contribution in [-0.2, 0) is 27.3 Å². The van der Waals surface area contributed by atoms with E-state index in [1.807, 2.05) is 24.3 Å². The van der Waals surface area contributed by atoms with E-state index < -0.39 is 30.4 Å². The normalized spacial score (nSPS) is 16.9. The molecule has 18 heteroatoms. The van der Waals surface area contributed by atoms with Gasteiger partial charge < -0.3 is 35.3 Å². The molecule has 5 N–H and O–H groups in total. The number of imidazole rings is 1. The zero-order chi connectivity index (χ0) is 32.5. The van der Waals surface area contributed by atoms with Crippen LogP contribution in [0.5, 0.6) is 0 Å². The highest BCUT2D eigenvalue weighted by Gasteiger charge is 2.39. The van der Waals surface area contributed by atoms with Gasteiger partial charge in [-0.3, -0.25) is 4.79 Å². The van der Waals surface area contributed by atoms with Gasteiger partial charge in [0.05, 0.1) is 5.69 Å². The standard InChI is InChI=1S/C21H26N4O4.2C2HF3O2/c22-12-14-5-8-25-13-18(23-19(25)11-14)15-1-3-16(4-2-15)20(26)24-9-6-17(7-10-24)29-21(27)28;2*3-2(4,5)1(6)7/h1-4,13-14,17H,5-12,22H2,(H,27,28);2*(H,6,7). The van der Waals surface area contributed by atoms with E-state index in [-0.39, 0.29) is 12.0 Å². The van der Waals surface area contributed by atoms with Gasteiger partial charge in [-0.1, -0.05) is 12.1 Å². The van der Waals surface area contributed by atoms with Crippen molar-refractivity contribution < 1.29 is 65.6 Å². The van der Waals surface area contributed by atoms with E-state index in [4.69, 9.17) is 40.4 Å². The maximum Gasteiger partial charge on any atom is 0.506 e. The van der Waals surface area contributed by atoms with Crippen molar-refractivity contribution in [2.45, 2.75) is 50.7 Å². The number of halogens is 6. The number of hydrogen-bond donors (Lipinski definition) is 4. The Morgan fingerprint density at radius 2 is 1.40 bits per heavy atom. The third-order valence-corrected chi connectivity index (χ3v) is 6.35. The maximum absolute atomic E-state index is 12.7. The summed E-state index contributed by atoms with van der Waals surface area (Å²) in [7, 11) is 0. The number of ether oxygens (including phenoxy) is 1. The summed E-state index contributed by atoms with van der Waals surface area (Å²) < 4.78 is 70.5. The van der Waals surface area contributed by atoms with Gasteiger partial charge in [0.25, 0.3) is 5.91 Å². The van der Waals surface area contributed by atoms with Crippen LogP contribution in [0.1, 0.15) is 35.4 Å². The van der Waals surface area contributed by atoms with Crippen molar-refractivity contribution in [3.63, 3.8) is 0 Å². The molecule has 1 unspecified atom stereocenters. The molecule has 43 heavy (non-hydrogen) atoms. The number of aliphatic carboxylic acids is 2. The van der Waals surface area contributed by atoms with E-state index in [0.29, 0.717) is 44.0 Å². The first-order valence-electron chi connectivity index (χ1n) is 12.6. The van der Waals surface area contributed by atoms with Gasteiger partial charge in [-0.05, 0) is 31.0 Å². The molecule has 0 bridgehead atoms. The SMILES string of the molecule is NCC1CCn2cc(-c3ccc(C(=O)N4CCC(OC(=O)O)CC4)cc3)nc2C1.O=C(O)C(F)(F)F.O=C(O)C(F)(F)F. The number of fused-ring (bicyclic) bond motifs is 1. The van der Waals surface area contributed by atoms with Crippen LogP contribution in [0.3, 0.4) is 0 Å². The van der Waals surface area contributed by atoms with Gasteiger partial charge in [0, 0.05) is 56.2 Å². The Kier molecular flexibility index (Phi) is 11.9. The van der Waals surface area contributed by atoms with Gasteiger partial charge >= 0.3 is 30.4 Å². The molecule has 1 saturated heterocycles. The van der Waals surface area contributed by atoms with E-state index in [1.165, 1.54) is 0 Å². The number of aromatic nitrogens is 2. The largest absolute Gasteiger partial charge is 0.506 e. The number of carbonyl (C=O) groups excluding carboxylic acids is 1. The van der Waals surface area contributed by atoms with Crippen molar-refractivity contribution in [1.29, 1.82) is 0 Å². The molecule has 1 aromatic heterocycles. The highest BCUT2D eigenvalue weighted by Crippen LogP contribution is 2.26. The first-order chi connectivity index (χ1) is 19.9. The van der Waals surface area contributed by atoms with Crippen molar-refractivity contribution in [3.8, 4) is 11.3 Å². The molecule has 12 nitrogen and oxygen atoms in total. The van der Waals surface area contributed by atoms with Crippen LogP contribution in [-0.4, -0.2) is 91.9 Å². The first kappa shape index (κ1) is 34.8. The van der Waals surface area contributed by atoms with Crippen molar-refractivity contribution in [2.24, 2.45) is 11.7 Å². The van der Waals surface area contributed by atoms with Crippen LogP contribution in [0.2, 0.25) is 0 Å². The van der Waals surface area contributed by atoms with E-state index in [9.17, 15) is 35.9 Å². The molecule has 0 saturated carbocycles. The van der Waals surface area contributed by atoms with Gasteiger partial charge in [-0.15, -0.1) is 0 Å². The van der Waals surface area contributed by atoms with E-state index in [2.05, 4.69) is 10.8 Å². The number of amides is 1. The van der Waals surface area contributed by atoms with Gasteiger partial charge in [0.2, 0.25) is 0 Å². The van der Waals surface area contributed by atoms with Gasteiger partial charge in [-0.2, -0.15) is 26.3 Å². The van der Waals surface area contributed by atoms with E-state index in [0.717, 1.165) is 36.5 Å². The predicted molar refractivity (Wildman–Crippen MR) is 134 cm³/mol. The number of nitrogens with zero attached hydrogens (tertiary/aromatic N) is 3. The fourth-order valence-corrected chi connectivity index (χ4v) is 4.12. The highest BCUT2D eigenvalue weighted by molar-refractivity contribution is 5.94. The second kappa shape index (κ2) is 14.7. The molecule has 2 aromatic rings. The van der Waals surface area contributed by atoms with E-state index >= 15 is 0 Å². The molecule has 4 rings (SSSR count). The summed E-state index contributed by atoms with van der Waals surface area (Å²) in [4.78, 5) is 47.7. The van der Waals surface area contributed by atoms with Crippen molar-refractivity contribution in [2.75, 3.05) is 19.6 Å². The summed E-state index contributed by atoms with van der Waals surface area (Å²) in [6, 6.07) is 7.53. The number of carboxylic acids is 2. The van der Waals surface area contributed by atoms with Crippen molar-refractivity contribution in [1.82, 2.24) is 14.5 Å². The van der Waals surface area contributed by atoms with Crippen LogP contribution in [0, 0.1) is 5.92 Å². The number of carbonyl (C=O) groups is 4. The smallest absolute Gasteiger partial charge is 0.475 e. The molecule has 3 heterocycles. The van der Waals surface area contributed by atoms with E-state index in [1.54, 1.807) is 4.90 Å². The zero-order valence-corrected chi connectivity index (χ0v) is 22.3. The summed E-state index contributed by atoms with van der Waals surface area (Å²) in [5, 5.41) is 23.0. The van der Waals surface area contributed by atoms with Gasteiger partial charge in [0.15, 0.2) is 0 Å². The van der Waals surface area contributed by atoms with Crippen LogP contribution < -0.4 is 5.73 Å². The number of nitrogens with two attached hydrogens (primary N) is 1. The Morgan fingerprint density at radius 1 is 0.884 bits per heavy atom. The molecule has 0 spiro atoms. The minimum atomic E-state index is -5.08. The second-order valence-corrected chi connectivity index (χ2v) is 9.39. The molecular formula is C25H28F6N4O8. The van der Waals surface area contributed by atoms with Crippen LogP contribution >= 0.6 is 0 Å². The summed E-state index contributed by atoms with van der Waals surface area (Å²) in [5.41, 5.74) is 8.34. The quantitative estimate of drug-likeness (QED) is 0.289. The molecule has 2 aliphatic heterocycles. The fraction of sp³-hybridized carbons (Fsp3) is 0.480. The molecular weight excluding hydrogens is 598 g/mol. The Hall–Kier alpha value is -4.35. The van der Waals surface area contributed by atoms with Crippen LogP contribution in [0.15, 0.2) is 30.5 Å². The van der Waals surface area contributed by atoms with Gasteiger partial charge in [-0.25, -0.2) is 19.4 Å². The fourth-order valence-electron chi connectivity index (χ4n) is 4.12. The number of benzene rings is 1. The predicted octanol–water partition coefficient (Wildman–Crippen LogP) is 3.64. The highest BCUT2D eigenvalue weighted by atomic mass is 19.4. The Morgan fingerprint density at radius 3 is 1.84 bits per heavy atom. The number of aryl methyl sites for hydroxylation is 1. The minimum absolute atomic E-state index is 0.0414.